The molecule has 24 heavy (non-hydrogen) atoms. The van der Waals surface area contributed by atoms with Gasteiger partial charge in [-0.05, 0) is 45.4 Å². The third kappa shape index (κ3) is 14.3. The van der Waals surface area contributed by atoms with Gasteiger partial charge in [0.2, 0.25) is 5.91 Å². The Morgan fingerprint density at radius 3 is 2.04 bits per heavy atom. The molecule has 4 heteroatoms. The van der Waals surface area contributed by atoms with E-state index in [-0.39, 0.29) is 24.0 Å². The summed E-state index contributed by atoms with van der Waals surface area (Å²) in [5, 5.41) is 2.81. The molecule has 1 amide bonds. The predicted molar refractivity (Wildman–Crippen MR) is 99.8 cm³/mol. The Labute approximate surface area is 148 Å². The van der Waals surface area contributed by atoms with Gasteiger partial charge in [0.15, 0.2) is 0 Å². The highest BCUT2D eigenvalue weighted by atomic mass is 16.5. The van der Waals surface area contributed by atoms with Gasteiger partial charge in [0.25, 0.3) is 0 Å². The molecule has 0 aromatic rings. The molecule has 0 radical (unpaired) electrons. The topological polar surface area (TPSA) is 55.4 Å². The van der Waals surface area contributed by atoms with Crippen molar-refractivity contribution in [2.24, 2.45) is 0 Å². The molecule has 0 saturated carbocycles. The number of carbonyl (C=O) groups is 2. The Kier molecular flexibility index (Phi) is 14.4. The summed E-state index contributed by atoms with van der Waals surface area (Å²) >= 11 is 0. The number of hydrogen-bond acceptors (Lipinski definition) is 3. The molecular formula is C20H37NO3. The predicted octanol–water partition coefficient (Wildman–Crippen LogP) is 4.92. The van der Waals surface area contributed by atoms with Crippen LogP contribution in [-0.2, 0) is 14.3 Å². The minimum Gasteiger partial charge on any atom is -0.460 e. The van der Waals surface area contributed by atoms with E-state index in [1.54, 1.807) is 0 Å². The van der Waals surface area contributed by atoms with Gasteiger partial charge in [0, 0.05) is 13.8 Å². The second kappa shape index (κ2) is 15.2. The molecule has 0 aliphatic carbocycles. The molecule has 0 bridgehead atoms. The molecule has 140 valence electrons. The lowest BCUT2D eigenvalue weighted by molar-refractivity contribution is -0.148. The average molecular weight is 340 g/mol. The van der Waals surface area contributed by atoms with Gasteiger partial charge < -0.3 is 10.1 Å². The Balaban J connectivity index is 3.81. The van der Waals surface area contributed by atoms with Crippen LogP contribution in [0.4, 0.5) is 0 Å². The Bertz CT molecular complexity index is 366. The summed E-state index contributed by atoms with van der Waals surface area (Å²) in [5.41, 5.74) is 0. The highest BCUT2D eigenvalue weighted by Crippen LogP contribution is 2.13. The van der Waals surface area contributed by atoms with Gasteiger partial charge in [0.05, 0.1) is 6.04 Å². The van der Waals surface area contributed by atoms with Crippen LogP contribution in [0.15, 0.2) is 12.2 Å². The molecule has 0 aliphatic rings. The number of nitrogens with one attached hydrogen (secondary N) is 1. The summed E-state index contributed by atoms with van der Waals surface area (Å²) in [6, 6.07) is -0.144. The minimum absolute atomic E-state index is 0.0938. The van der Waals surface area contributed by atoms with Crippen LogP contribution < -0.4 is 5.32 Å². The van der Waals surface area contributed by atoms with Gasteiger partial charge in [-0.3, -0.25) is 9.59 Å². The molecule has 0 heterocycles. The molecular weight excluding hydrogens is 302 g/mol. The number of hydrogen-bond donors (Lipinski definition) is 1. The van der Waals surface area contributed by atoms with Gasteiger partial charge in [-0.1, -0.05) is 44.8 Å². The van der Waals surface area contributed by atoms with Crippen molar-refractivity contribution in [3.63, 3.8) is 0 Å². The van der Waals surface area contributed by atoms with Crippen LogP contribution in [0.2, 0.25) is 0 Å². The van der Waals surface area contributed by atoms with E-state index in [1.165, 1.54) is 46.0 Å². The highest BCUT2D eigenvalue weighted by molar-refractivity contribution is 5.73. The van der Waals surface area contributed by atoms with Gasteiger partial charge >= 0.3 is 5.97 Å². The van der Waals surface area contributed by atoms with Crippen LogP contribution in [-0.4, -0.2) is 24.0 Å². The normalized spacial score (nSPS) is 13.7. The van der Waals surface area contributed by atoms with Crippen LogP contribution in [0.25, 0.3) is 0 Å². The summed E-state index contributed by atoms with van der Waals surface area (Å²) in [6.07, 6.45) is 16.0. The van der Waals surface area contributed by atoms with Crippen molar-refractivity contribution < 1.29 is 14.3 Å². The maximum absolute atomic E-state index is 11.2. The van der Waals surface area contributed by atoms with Crippen LogP contribution in [0.5, 0.6) is 0 Å². The second-order valence-corrected chi connectivity index (χ2v) is 6.60. The summed E-state index contributed by atoms with van der Waals surface area (Å²) in [4.78, 5) is 22.3. The van der Waals surface area contributed by atoms with Crippen molar-refractivity contribution in [2.75, 3.05) is 0 Å². The monoisotopic (exact) mass is 339 g/mol. The fourth-order valence-electron chi connectivity index (χ4n) is 2.75. The van der Waals surface area contributed by atoms with E-state index in [4.69, 9.17) is 4.74 Å². The van der Waals surface area contributed by atoms with Crippen LogP contribution in [0.1, 0.15) is 91.9 Å². The molecule has 2 atom stereocenters. The van der Waals surface area contributed by atoms with Gasteiger partial charge in [-0.2, -0.15) is 0 Å². The van der Waals surface area contributed by atoms with Crippen molar-refractivity contribution in [2.45, 2.75) is 104 Å². The summed E-state index contributed by atoms with van der Waals surface area (Å²) in [7, 11) is 0. The first-order valence-corrected chi connectivity index (χ1v) is 9.56. The Morgan fingerprint density at radius 1 is 0.958 bits per heavy atom. The van der Waals surface area contributed by atoms with Gasteiger partial charge in [-0.15, -0.1) is 0 Å². The fourth-order valence-corrected chi connectivity index (χ4v) is 2.75. The zero-order valence-corrected chi connectivity index (χ0v) is 16.1. The van der Waals surface area contributed by atoms with Crippen LogP contribution in [0, 0.1) is 0 Å². The quantitative estimate of drug-likeness (QED) is 0.278. The molecule has 0 fully saturated rings. The Hall–Kier alpha value is -1.32. The largest absolute Gasteiger partial charge is 0.460 e. The molecule has 1 N–H and O–H groups in total. The smallest absolute Gasteiger partial charge is 0.302 e. The van der Waals surface area contributed by atoms with Crippen molar-refractivity contribution in [1.82, 2.24) is 5.32 Å². The highest BCUT2D eigenvalue weighted by Gasteiger charge is 2.20. The molecule has 0 saturated heterocycles. The summed E-state index contributed by atoms with van der Waals surface area (Å²) in [6.45, 7) is 7.02. The zero-order chi connectivity index (χ0) is 18.2. The molecule has 0 aromatic carbocycles. The first-order chi connectivity index (χ1) is 11.5. The first-order valence-electron chi connectivity index (χ1n) is 9.56. The Morgan fingerprint density at radius 2 is 1.54 bits per heavy atom. The van der Waals surface area contributed by atoms with E-state index in [2.05, 4.69) is 24.4 Å². The lowest BCUT2D eigenvalue weighted by atomic mass is 10.0. The van der Waals surface area contributed by atoms with E-state index in [1.807, 2.05) is 6.92 Å². The standard InChI is InChI=1S/C20H37NO3/c1-5-6-7-8-9-10-11-12-13-14-15-16-20(24-19(4)23)17(2)21-18(3)22/h10-11,17,20H,5-9,12-16H2,1-4H3,(H,21,22). The first kappa shape index (κ1) is 22.7. The number of rotatable bonds is 14. The van der Waals surface area contributed by atoms with E-state index in [0.29, 0.717) is 0 Å². The number of carbonyl (C=O) groups excluding carboxylic acids is 2. The third-order valence-electron chi connectivity index (χ3n) is 4.06. The SMILES string of the molecule is CCCCCCC=CCCCCCC(OC(C)=O)C(C)NC(C)=O. The molecule has 0 aliphatic heterocycles. The fraction of sp³-hybridized carbons (Fsp3) is 0.800. The molecule has 2 unspecified atom stereocenters. The van der Waals surface area contributed by atoms with Crippen molar-refractivity contribution in [1.29, 1.82) is 0 Å². The minimum atomic E-state index is -0.289. The van der Waals surface area contributed by atoms with Crippen molar-refractivity contribution in [3.8, 4) is 0 Å². The van der Waals surface area contributed by atoms with E-state index >= 15 is 0 Å². The summed E-state index contributed by atoms with van der Waals surface area (Å²) < 4.78 is 5.34. The zero-order valence-electron chi connectivity index (χ0n) is 16.1. The average Bonchev–Trinajstić information content (AvgIpc) is 2.50. The molecule has 0 aromatic heterocycles. The van der Waals surface area contributed by atoms with Crippen molar-refractivity contribution >= 4 is 11.9 Å². The number of esters is 1. The molecule has 0 spiro atoms. The summed E-state index contributed by atoms with van der Waals surface area (Å²) in [5.74, 6) is -0.382. The second-order valence-electron chi connectivity index (χ2n) is 6.60. The van der Waals surface area contributed by atoms with Crippen LogP contribution >= 0.6 is 0 Å². The van der Waals surface area contributed by atoms with E-state index in [9.17, 15) is 9.59 Å². The number of amides is 1. The van der Waals surface area contributed by atoms with Crippen molar-refractivity contribution in [3.05, 3.63) is 12.2 Å². The molecule has 4 nitrogen and oxygen atoms in total. The number of allylic oxidation sites excluding steroid dienone is 2. The van der Waals surface area contributed by atoms with Gasteiger partial charge in [0.1, 0.15) is 6.10 Å². The van der Waals surface area contributed by atoms with E-state index < -0.39 is 0 Å². The lowest BCUT2D eigenvalue weighted by Crippen LogP contribution is -2.42. The van der Waals surface area contributed by atoms with Gasteiger partial charge in [-0.25, -0.2) is 0 Å². The molecule has 0 rings (SSSR count). The maximum Gasteiger partial charge on any atom is 0.302 e. The van der Waals surface area contributed by atoms with Crippen LogP contribution in [0.3, 0.4) is 0 Å². The third-order valence-corrected chi connectivity index (χ3v) is 4.06. The number of unbranched alkanes of at least 4 members (excludes halogenated alkanes) is 7. The lowest BCUT2D eigenvalue weighted by Gasteiger charge is -2.24. The maximum atomic E-state index is 11.2. The van der Waals surface area contributed by atoms with E-state index in [0.717, 1.165) is 32.1 Å². The number of ether oxygens (including phenoxy) is 1.